The second kappa shape index (κ2) is 10.3. The van der Waals surface area contributed by atoms with Gasteiger partial charge in [-0.1, -0.05) is 30.7 Å². The highest BCUT2D eigenvalue weighted by molar-refractivity contribution is 8.00. The predicted octanol–water partition coefficient (Wildman–Crippen LogP) is 4.32. The molecular weight excluding hydrogens is 406 g/mol. The zero-order valence-corrected chi connectivity index (χ0v) is 19.0. The third-order valence-corrected chi connectivity index (χ3v) is 7.23. The first-order chi connectivity index (χ1) is 15.1. The van der Waals surface area contributed by atoms with Gasteiger partial charge in [-0.3, -0.25) is 9.59 Å². The number of nitrogens with zero attached hydrogens (tertiary/aromatic N) is 2. The van der Waals surface area contributed by atoms with Crippen LogP contribution in [0.2, 0.25) is 0 Å². The Morgan fingerprint density at radius 3 is 2.90 bits per heavy atom. The molecular formula is C25H31N3O2S. The molecule has 0 aromatic heterocycles. The van der Waals surface area contributed by atoms with E-state index in [9.17, 15) is 9.59 Å². The lowest BCUT2D eigenvalue weighted by atomic mass is 10.0. The van der Waals surface area contributed by atoms with Gasteiger partial charge in [-0.05, 0) is 62.6 Å². The Hall–Kier alpha value is -2.31. The fourth-order valence-electron chi connectivity index (χ4n) is 4.40. The molecule has 1 fully saturated rings. The van der Waals surface area contributed by atoms with E-state index in [4.69, 9.17) is 0 Å². The van der Waals surface area contributed by atoms with Crippen LogP contribution in [0.1, 0.15) is 48.5 Å². The van der Waals surface area contributed by atoms with E-state index < -0.39 is 0 Å². The van der Waals surface area contributed by atoms with E-state index in [1.54, 1.807) is 11.8 Å². The number of piperidine rings is 1. The number of carbonyl (C=O) groups excluding carboxylic acids is 2. The highest BCUT2D eigenvalue weighted by atomic mass is 32.2. The number of rotatable bonds is 7. The molecule has 0 bridgehead atoms. The van der Waals surface area contributed by atoms with Gasteiger partial charge in [-0.25, -0.2) is 0 Å². The summed E-state index contributed by atoms with van der Waals surface area (Å²) in [5.41, 5.74) is 2.56. The Bertz CT molecular complexity index is 932. The lowest BCUT2D eigenvalue weighted by Gasteiger charge is -2.33. The van der Waals surface area contributed by atoms with Crippen LogP contribution in [0.5, 0.6) is 0 Å². The molecule has 1 unspecified atom stereocenters. The first kappa shape index (κ1) is 21.9. The van der Waals surface area contributed by atoms with Gasteiger partial charge in [0.1, 0.15) is 0 Å². The van der Waals surface area contributed by atoms with E-state index in [1.807, 2.05) is 53.4 Å². The van der Waals surface area contributed by atoms with Gasteiger partial charge in [0.05, 0.1) is 18.0 Å². The Morgan fingerprint density at radius 1 is 1.16 bits per heavy atom. The van der Waals surface area contributed by atoms with Gasteiger partial charge in [0.2, 0.25) is 5.91 Å². The minimum Gasteiger partial charge on any atom is -0.352 e. The van der Waals surface area contributed by atoms with Crippen LogP contribution in [0.15, 0.2) is 53.4 Å². The van der Waals surface area contributed by atoms with Crippen LogP contribution in [0, 0.1) is 0 Å². The summed E-state index contributed by atoms with van der Waals surface area (Å²) in [4.78, 5) is 30.7. The molecule has 31 heavy (non-hydrogen) atoms. The van der Waals surface area contributed by atoms with Gasteiger partial charge < -0.3 is 15.1 Å². The summed E-state index contributed by atoms with van der Waals surface area (Å²) in [7, 11) is 0. The predicted molar refractivity (Wildman–Crippen MR) is 127 cm³/mol. The van der Waals surface area contributed by atoms with Gasteiger partial charge in [-0.2, -0.15) is 0 Å². The number of benzene rings is 2. The second-order valence-corrected chi connectivity index (χ2v) is 9.44. The molecule has 0 saturated carbocycles. The molecule has 164 valence electrons. The van der Waals surface area contributed by atoms with E-state index in [1.165, 1.54) is 25.8 Å². The minimum atomic E-state index is -0.0468. The molecule has 2 aromatic rings. The van der Waals surface area contributed by atoms with Crippen molar-refractivity contribution in [3.63, 3.8) is 0 Å². The smallest absolute Gasteiger partial charge is 0.251 e. The van der Waals surface area contributed by atoms with Gasteiger partial charge in [0.15, 0.2) is 0 Å². The van der Waals surface area contributed by atoms with E-state index in [0.29, 0.717) is 30.4 Å². The Labute approximate surface area is 189 Å². The van der Waals surface area contributed by atoms with Crippen LogP contribution in [-0.2, 0) is 11.3 Å². The molecule has 1 N–H and O–H groups in total. The van der Waals surface area contributed by atoms with Crippen LogP contribution in [0.4, 0.5) is 5.69 Å². The first-order valence-electron chi connectivity index (χ1n) is 11.3. The normalized spacial score (nSPS) is 19.2. The summed E-state index contributed by atoms with van der Waals surface area (Å²) < 4.78 is 0. The maximum Gasteiger partial charge on any atom is 0.251 e. The summed E-state index contributed by atoms with van der Waals surface area (Å²) in [6.45, 7) is 5.67. The molecule has 0 aliphatic carbocycles. The van der Waals surface area contributed by atoms with Gasteiger partial charge >= 0.3 is 0 Å². The third kappa shape index (κ3) is 5.49. The number of hydrogen-bond donors (Lipinski definition) is 1. The van der Waals surface area contributed by atoms with Gasteiger partial charge in [0.25, 0.3) is 5.91 Å². The zero-order valence-electron chi connectivity index (χ0n) is 18.2. The third-order valence-electron chi connectivity index (χ3n) is 6.19. The fourth-order valence-corrected chi connectivity index (χ4v) is 5.33. The Kier molecular flexibility index (Phi) is 7.30. The van der Waals surface area contributed by atoms with E-state index in [2.05, 4.69) is 17.1 Å². The summed E-state index contributed by atoms with van der Waals surface area (Å²) in [5.74, 6) is 0.507. The quantitative estimate of drug-likeness (QED) is 0.656. The van der Waals surface area contributed by atoms with Crippen molar-refractivity contribution in [2.75, 3.05) is 30.3 Å². The molecule has 2 amide bonds. The number of likely N-dealkylation sites (tertiary alicyclic amines) is 1. The minimum absolute atomic E-state index is 0.0468. The monoisotopic (exact) mass is 437 g/mol. The Balaban J connectivity index is 1.33. The lowest BCUT2D eigenvalue weighted by Crippen LogP contribution is -2.39. The molecule has 1 saturated heterocycles. The topological polar surface area (TPSA) is 52.7 Å². The van der Waals surface area contributed by atoms with E-state index in [-0.39, 0.29) is 11.8 Å². The van der Waals surface area contributed by atoms with Crippen molar-refractivity contribution in [1.29, 1.82) is 0 Å². The standard InChI is InChI=1S/C25H31N3O2S/c1-19-8-4-5-14-27(19)15-7-13-26-25(30)21-10-6-9-20(16-21)17-28-22-11-2-3-12-23(22)31-18-24(28)29/h2-3,6,9-12,16,19H,4-5,7-8,13-15,17-18H2,1H3,(H,26,30). The number of amides is 2. The molecule has 2 heterocycles. The Morgan fingerprint density at radius 2 is 2.03 bits per heavy atom. The average molecular weight is 438 g/mol. The van der Waals surface area contributed by atoms with Crippen LogP contribution in [0.3, 0.4) is 0 Å². The summed E-state index contributed by atoms with van der Waals surface area (Å²) in [5, 5.41) is 3.06. The van der Waals surface area contributed by atoms with Crippen LogP contribution >= 0.6 is 11.8 Å². The van der Waals surface area contributed by atoms with Crippen LogP contribution in [0.25, 0.3) is 0 Å². The number of anilines is 1. The van der Waals surface area contributed by atoms with Crippen LogP contribution in [-0.4, -0.2) is 48.1 Å². The lowest BCUT2D eigenvalue weighted by molar-refractivity contribution is -0.116. The highest BCUT2D eigenvalue weighted by Gasteiger charge is 2.24. The number of para-hydroxylation sites is 1. The van der Waals surface area contributed by atoms with Crippen LogP contribution < -0.4 is 10.2 Å². The molecule has 4 rings (SSSR count). The van der Waals surface area contributed by atoms with Crippen molar-refractivity contribution in [2.45, 2.75) is 50.1 Å². The number of carbonyl (C=O) groups is 2. The van der Waals surface area contributed by atoms with Crippen molar-refractivity contribution in [1.82, 2.24) is 10.2 Å². The van der Waals surface area contributed by atoms with E-state index >= 15 is 0 Å². The maximum atomic E-state index is 12.7. The molecule has 6 heteroatoms. The molecule has 0 spiro atoms. The number of nitrogens with one attached hydrogen (secondary N) is 1. The summed E-state index contributed by atoms with van der Waals surface area (Å²) >= 11 is 1.58. The molecule has 2 aliphatic rings. The molecule has 2 aromatic carbocycles. The summed E-state index contributed by atoms with van der Waals surface area (Å²) in [6, 6.07) is 16.3. The van der Waals surface area contributed by atoms with Crippen molar-refractivity contribution < 1.29 is 9.59 Å². The van der Waals surface area contributed by atoms with Gasteiger partial charge in [0, 0.05) is 29.6 Å². The molecule has 2 aliphatic heterocycles. The fraction of sp³-hybridized carbons (Fsp3) is 0.440. The molecule has 1 atom stereocenters. The second-order valence-electron chi connectivity index (χ2n) is 8.43. The maximum absolute atomic E-state index is 12.7. The average Bonchev–Trinajstić information content (AvgIpc) is 2.80. The van der Waals surface area contributed by atoms with Crippen molar-refractivity contribution in [2.24, 2.45) is 0 Å². The van der Waals surface area contributed by atoms with Crippen molar-refractivity contribution >= 4 is 29.3 Å². The highest BCUT2D eigenvalue weighted by Crippen LogP contribution is 2.35. The number of fused-ring (bicyclic) bond motifs is 1. The number of hydrogen-bond acceptors (Lipinski definition) is 4. The largest absolute Gasteiger partial charge is 0.352 e. The first-order valence-corrected chi connectivity index (χ1v) is 12.2. The zero-order chi connectivity index (χ0) is 21.6. The molecule has 5 nitrogen and oxygen atoms in total. The molecule has 0 radical (unpaired) electrons. The van der Waals surface area contributed by atoms with Crippen molar-refractivity contribution in [3.05, 3.63) is 59.7 Å². The number of thioether (sulfide) groups is 1. The summed E-state index contributed by atoms with van der Waals surface area (Å²) in [6.07, 6.45) is 4.86. The van der Waals surface area contributed by atoms with E-state index in [0.717, 1.165) is 29.1 Å². The van der Waals surface area contributed by atoms with Gasteiger partial charge in [-0.15, -0.1) is 11.8 Å². The van der Waals surface area contributed by atoms with Crippen molar-refractivity contribution in [3.8, 4) is 0 Å². The SMILES string of the molecule is CC1CCCCN1CCCNC(=O)c1cccc(CN2C(=O)CSc3ccccc32)c1.